The largest absolute Gasteiger partial charge is 0.347 e. The van der Waals surface area contributed by atoms with E-state index in [0.29, 0.717) is 31.2 Å². The Morgan fingerprint density at radius 1 is 1.12 bits per heavy atom. The molecule has 0 radical (unpaired) electrons. The molecule has 1 aliphatic carbocycles. The van der Waals surface area contributed by atoms with Crippen LogP contribution in [0.15, 0.2) is 28.7 Å². The van der Waals surface area contributed by atoms with Crippen molar-refractivity contribution >= 4 is 21.8 Å². The summed E-state index contributed by atoms with van der Waals surface area (Å²) < 4.78 is 12.8. The minimum Gasteiger partial charge on any atom is -0.347 e. The first-order chi connectivity index (χ1) is 11.4. The van der Waals surface area contributed by atoms with Crippen LogP contribution in [0, 0.1) is 0 Å². The van der Waals surface area contributed by atoms with E-state index in [4.69, 9.17) is 9.47 Å². The topological polar surface area (TPSA) is 42.0 Å². The van der Waals surface area contributed by atoms with Crippen LogP contribution in [0.2, 0.25) is 0 Å². The van der Waals surface area contributed by atoms with Crippen molar-refractivity contribution in [1.82, 2.24) is 9.80 Å². The summed E-state index contributed by atoms with van der Waals surface area (Å²) in [4.78, 5) is 17.0. The molecular weight excluding hydrogens is 372 g/mol. The lowest BCUT2D eigenvalue weighted by atomic mass is 9.84. The number of rotatable bonds is 3. The van der Waals surface area contributed by atoms with Crippen molar-refractivity contribution in [2.45, 2.75) is 37.1 Å². The number of benzene rings is 1. The number of nitrogens with zero attached hydrogens (tertiary/aromatic N) is 2. The number of carbonyl (C=O) groups excluding carboxylic acids is 1. The van der Waals surface area contributed by atoms with E-state index < -0.39 is 5.79 Å². The average Bonchev–Trinajstić information content (AvgIpc) is 3.01. The summed E-state index contributed by atoms with van der Waals surface area (Å²) in [6.45, 7) is 1.29. The van der Waals surface area contributed by atoms with Gasteiger partial charge >= 0.3 is 0 Å². The Bertz CT molecular complexity index is 584. The SMILES string of the molecule is CN(C)[C@@H]1CCC2(C[C@H]1N(C)C(=O)c1ccc(Br)cc1)OCCO2. The van der Waals surface area contributed by atoms with E-state index in [1.165, 1.54) is 0 Å². The van der Waals surface area contributed by atoms with Crippen molar-refractivity contribution in [3.8, 4) is 0 Å². The summed E-state index contributed by atoms with van der Waals surface area (Å²) in [7, 11) is 6.04. The molecule has 1 heterocycles. The third-order valence-corrected chi connectivity index (χ3v) is 5.70. The average molecular weight is 397 g/mol. The minimum atomic E-state index is -0.508. The van der Waals surface area contributed by atoms with Gasteiger partial charge in [0.2, 0.25) is 0 Å². The smallest absolute Gasteiger partial charge is 0.253 e. The normalized spacial score (nSPS) is 26.0. The summed E-state index contributed by atoms with van der Waals surface area (Å²) in [6.07, 6.45) is 2.55. The molecule has 1 amide bonds. The first kappa shape index (κ1) is 17.9. The van der Waals surface area contributed by atoms with Crippen LogP contribution in [-0.2, 0) is 9.47 Å². The van der Waals surface area contributed by atoms with Crippen molar-refractivity contribution in [2.24, 2.45) is 0 Å². The van der Waals surface area contributed by atoms with Gasteiger partial charge in [-0.25, -0.2) is 0 Å². The molecular formula is C18H25BrN2O3. The molecule has 1 saturated heterocycles. The van der Waals surface area contributed by atoms with Gasteiger partial charge in [-0.15, -0.1) is 0 Å². The number of halogens is 1. The molecule has 2 atom stereocenters. The molecule has 1 saturated carbocycles. The summed E-state index contributed by atoms with van der Waals surface area (Å²) in [5, 5.41) is 0. The van der Waals surface area contributed by atoms with Crippen LogP contribution < -0.4 is 0 Å². The van der Waals surface area contributed by atoms with Crippen LogP contribution in [0.3, 0.4) is 0 Å². The van der Waals surface area contributed by atoms with Crippen molar-refractivity contribution in [3.63, 3.8) is 0 Å². The highest BCUT2D eigenvalue weighted by Gasteiger charge is 2.47. The molecule has 1 aromatic carbocycles. The standard InChI is InChI=1S/C18H25BrN2O3/c1-20(2)15-8-9-18(23-10-11-24-18)12-16(15)21(3)17(22)13-4-6-14(19)7-5-13/h4-7,15-16H,8-12H2,1-3H3/t15-,16-/m1/s1. The molecule has 2 fully saturated rings. The van der Waals surface area contributed by atoms with Gasteiger partial charge < -0.3 is 19.3 Å². The summed E-state index contributed by atoms with van der Waals surface area (Å²) in [6, 6.07) is 7.87. The summed E-state index contributed by atoms with van der Waals surface area (Å²) in [5.74, 6) is -0.472. The first-order valence-electron chi connectivity index (χ1n) is 8.39. The number of hydrogen-bond donors (Lipinski definition) is 0. The number of carbonyl (C=O) groups is 1. The molecule has 0 bridgehead atoms. The third-order valence-electron chi connectivity index (χ3n) is 5.17. The second kappa shape index (κ2) is 7.12. The molecule has 3 rings (SSSR count). The van der Waals surface area contributed by atoms with Crippen LogP contribution in [0.4, 0.5) is 0 Å². The molecule has 1 aromatic rings. The van der Waals surface area contributed by atoms with Gasteiger partial charge in [0.05, 0.1) is 19.3 Å². The lowest BCUT2D eigenvalue weighted by Crippen LogP contribution is -2.57. The van der Waals surface area contributed by atoms with E-state index in [2.05, 4.69) is 34.9 Å². The van der Waals surface area contributed by atoms with E-state index in [9.17, 15) is 4.79 Å². The van der Waals surface area contributed by atoms with Crippen molar-refractivity contribution in [2.75, 3.05) is 34.4 Å². The van der Waals surface area contributed by atoms with Crippen LogP contribution in [-0.4, -0.2) is 67.9 Å². The zero-order valence-electron chi connectivity index (χ0n) is 14.5. The summed E-state index contributed by atoms with van der Waals surface area (Å²) in [5.41, 5.74) is 0.700. The summed E-state index contributed by atoms with van der Waals surface area (Å²) >= 11 is 3.41. The number of likely N-dealkylation sites (N-methyl/N-ethyl adjacent to an activating group) is 2. The highest BCUT2D eigenvalue weighted by molar-refractivity contribution is 9.10. The monoisotopic (exact) mass is 396 g/mol. The van der Waals surface area contributed by atoms with Crippen molar-refractivity contribution in [1.29, 1.82) is 0 Å². The molecule has 0 unspecified atom stereocenters. The Balaban J connectivity index is 1.81. The van der Waals surface area contributed by atoms with Crippen LogP contribution in [0.1, 0.15) is 29.6 Å². The minimum absolute atomic E-state index is 0.0365. The Kier molecular flexibility index (Phi) is 5.30. The second-order valence-corrected chi connectivity index (χ2v) is 7.79. The van der Waals surface area contributed by atoms with Gasteiger partial charge in [-0.05, 0) is 44.8 Å². The third kappa shape index (κ3) is 3.52. The van der Waals surface area contributed by atoms with Crippen molar-refractivity contribution < 1.29 is 14.3 Å². The molecule has 0 N–H and O–H groups in total. The van der Waals surface area contributed by atoms with E-state index in [1.54, 1.807) is 0 Å². The predicted octanol–water partition coefficient (Wildman–Crippen LogP) is 2.75. The molecule has 1 spiro atoms. The quantitative estimate of drug-likeness (QED) is 0.787. The Morgan fingerprint density at radius 2 is 1.75 bits per heavy atom. The molecule has 6 heteroatoms. The number of hydrogen-bond acceptors (Lipinski definition) is 4. The highest BCUT2D eigenvalue weighted by Crippen LogP contribution is 2.39. The van der Waals surface area contributed by atoms with Crippen LogP contribution >= 0.6 is 15.9 Å². The van der Waals surface area contributed by atoms with E-state index >= 15 is 0 Å². The van der Waals surface area contributed by atoms with Crippen LogP contribution in [0.5, 0.6) is 0 Å². The predicted molar refractivity (Wildman–Crippen MR) is 96.0 cm³/mol. The van der Waals surface area contributed by atoms with Gasteiger partial charge in [0, 0.05) is 36.0 Å². The number of ether oxygens (including phenoxy) is 2. The van der Waals surface area contributed by atoms with E-state index in [1.807, 2.05) is 36.2 Å². The zero-order valence-corrected chi connectivity index (χ0v) is 16.1. The van der Waals surface area contributed by atoms with Gasteiger partial charge in [0.1, 0.15) is 0 Å². The molecule has 1 aliphatic heterocycles. The van der Waals surface area contributed by atoms with E-state index in [0.717, 1.165) is 17.3 Å². The zero-order chi connectivity index (χ0) is 17.3. The van der Waals surface area contributed by atoms with Gasteiger partial charge in [0.25, 0.3) is 5.91 Å². The van der Waals surface area contributed by atoms with Crippen molar-refractivity contribution in [3.05, 3.63) is 34.3 Å². The maximum Gasteiger partial charge on any atom is 0.253 e. The highest BCUT2D eigenvalue weighted by atomic mass is 79.9. The molecule has 0 aromatic heterocycles. The fourth-order valence-electron chi connectivity index (χ4n) is 3.82. The molecule has 132 valence electrons. The van der Waals surface area contributed by atoms with Gasteiger partial charge in [-0.2, -0.15) is 0 Å². The maximum absolute atomic E-state index is 12.9. The molecule has 2 aliphatic rings. The first-order valence-corrected chi connectivity index (χ1v) is 9.18. The lowest BCUT2D eigenvalue weighted by Gasteiger charge is -2.46. The van der Waals surface area contributed by atoms with Gasteiger partial charge in [-0.3, -0.25) is 4.79 Å². The molecule has 5 nitrogen and oxygen atoms in total. The van der Waals surface area contributed by atoms with E-state index in [-0.39, 0.29) is 11.9 Å². The Morgan fingerprint density at radius 3 is 2.33 bits per heavy atom. The van der Waals surface area contributed by atoms with Gasteiger partial charge in [-0.1, -0.05) is 15.9 Å². The number of amides is 1. The molecule has 24 heavy (non-hydrogen) atoms. The Labute approximate surface area is 152 Å². The maximum atomic E-state index is 12.9. The van der Waals surface area contributed by atoms with Crippen LogP contribution in [0.25, 0.3) is 0 Å². The fraction of sp³-hybridized carbons (Fsp3) is 0.611. The Hall–Kier alpha value is -0.950. The van der Waals surface area contributed by atoms with Gasteiger partial charge in [0.15, 0.2) is 5.79 Å². The fourth-order valence-corrected chi connectivity index (χ4v) is 4.08. The second-order valence-electron chi connectivity index (χ2n) is 6.87. The lowest BCUT2D eigenvalue weighted by molar-refractivity contribution is -0.194.